The summed E-state index contributed by atoms with van der Waals surface area (Å²) in [5.74, 6) is -2.97. The largest absolute Gasteiger partial charge is 0.490 e. The number of likely N-dealkylation sites (tertiary alicyclic amines) is 2. The fourth-order valence-corrected chi connectivity index (χ4v) is 4.22. The fraction of sp³-hybridized carbons (Fsp3) is 0.571. The Morgan fingerprint density at radius 2 is 2.03 bits per heavy atom. The van der Waals surface area contributed by atoms with Crippen LogP contribution in [0.15, 0.2) is 31.2 Å². The maximum absolute atomic E-state index is 12.9. The predicted octanol–water partition coefficient (Wildman–Crippen LogP) is 2.01. The third-order valence-electron chi connectivity index (χ3n) is 5.64. The molecule has 9 nitrogen and oxygen atoms in total. The highest BCUT2D eigenvalue weighted by atomic mass is 19.4. The first-order valence-electron chi connectivity index (χ1n) is 10.4. The molecule has 0 aliphatic carbocycles. The second-order valence-corrected chi connectivity index (χ2v) is 7.80. The molecular formula is C21H27F3N4O5. The van der Waals surface area contributed by atoms with Crippen molar-refractivity contribution in [2.24, 2.45) is 11.3 Å². The molecule has 2 aliphatic heterocycles. The third kappa shape index (κ3) is 6.50. The van der Waals surface area contributed by atoms with Crippen molar-refractivity contribution >= 4 is 17.8 Å². The molecule has 1 N–H and O–H groups in total. The number of rotatable bonds is 5. The van der Waals surface area contributed by atoms with Crippen LogP contribution in [0.1, 0.15) is 30.3 Å². The third-order valence-corrected chi connectivity index (χ3v) is 5.64. The van der Waals surface area contributed by atoms with Gasteiger partial charge in [0.2, 0.25) is 0 Å². The summed E-state index contributed by atoms with van der Waals surface area (Å²) in [5.41, 5.74) is -0.201. The van der Waals surface area contributed by atoms with Crippen LogP contribution in [0.25, 0.3) is 0 Å². The number of carbonyl (C=O) groups excluding carboxylic acids is 2. The van der Waals surface area contributed by atoms with E-state index in [2.05, 4.69) is 21.4 Å². The Balaban J connectivity index is 0.000000479. The number of fused-ring (bicyclic) bond motifs is 1. The number of amides is 1. The summed E-state index contributed by atoms with van der Waals surface area (Å²) >= 11 is 0. The number of hydrogen-bond acceptors (Lipinski definition) is 7. The van der Waals surface area contributed by atoms with E-state index in [0.717, 1.165) is 25.9 Å². The molecule has 2 atom stereocenters. The molecule has 3 rings (SSSR count). The molecular weight excluding hydrogens is 445 g/mol. The van der Waals surface area contributed by atoms with Gasteiger partial charge in [-0.05, 0) is 19.8 Å². The molecule has 0 bridgehead atoms. The van der Waals surface area contributed by atoms with E-state index in [4.69, 9.17) is 14.6 Å². The number of ether oxygens (including phenoxy) is 1. The summed E-state index contributed by atoms with van der Waals surface area (Å²) in [6, 6.07) is 0. The van der Waals surface area contributed by atoms with Crippen molar-refractivity contribution in [3.05, 3.63) is 36.9 Å². The molecule has 2 saturated heterocycles. The van der Waals surface area contributed by atoms with Gasteiger partial charge in [0.1, 0.15) is 5.69 Å². The first-order chi connectivity index (χ1) is 15.5. The van der Waals surface area contributed by atoms with E-state index >= 15 is 0 Å². The average Bonchev–Trinajstić information content (AvgIpc) is 3.01. The summed E-state index contributed by atoms with van der Waals surface area (Å²) in [4.78, 5) is 46.7. The smallest absolute Gasteiger partial charge is 0.475 e. The van der Waals surface area contributed by atoms with Crippen LogP contribution < -0.4 is 0 Å². The summed E-state index contributed by atoms with van der Waals surface area (Å²) in [7, 11) is 0. The zero-order valence-corrected chi connectivity index (χ0v) is 18.3. The molecule has 2 aliphatic rings. The number of aromatic nitrogens is 2. The number of alkyl halides is 3. The fourth-order valence-electron chi connectivity index (χ4n) is 4.22. The van der Waals surface area contributed by atoms with Gasteiger partial charge in [0.25, 0.3) is 5.91 Å². The number of halogens is 3. The van der Waals surface area contributed by atoms with Crippen molar-refractivity contribution in [3.63, 3.8) is 0 Å². The average molecular weight is 472 g/mol. The Labute approximate surface area is 189 Å². The minimum absolute atomic E-state index is 0.0459. The van der Waals surface area contributed by atoms with E-state index in [-0.39, 0.29) is 17.8 Å². The number of esters is 1. The second-order valence-electron chi connectivity index (χ2n) is 7.80. The van der Waals surface area contributed by atoms with Gasteiger partial charge < -0.3 is 14.7 Å². The Morgan fingerprint density at radius 1 is 1.33 bits per heavy atom. The maximum Gasteiger partial charge on any atom is 0.490 e. The monoisotopic (exact) mass is 472 g/mol. The number of nitrogens with zero attached hydrogens (tertiary/aromatic N) is 4. The van der Waals surface area contributed by atoms with E-state index in [1.54, 1.807) is 6.20 Å². The van der Waals surface area contributed by atoms with Crippen LogP contribution in [-0.2, 0) is 14.3 Å². The van der Waals surface area contributed by atoms with Crippen molar-refractivity contribution in [2.75, 3.05) is 39.3 Å². The molecule has 0 aromatic carbocycles. The molecule has 0 radical (unpaired) electrons. The minimum atomic E-state index is -5.08. The molecule has 33 heavy (non-hydrogen) atoms. The van der Waals surface area contributed by atoms with E-state index in [1.807, 2.05) is 17.9 Å². The van der Waals surface area contributed by atoms with Crippen LogP contribution in [0.2, 0.25) is 0 Å². The quantitative estimate of drug-likeness (QED) is 0.512. The van der Waals surface area contributed by atoms with Gasteiger partial charge in [-0.3, -0.25) is 19.5 Å². The predicted molar refractivity (Wildman–Crippen MR) is 110 cm³/mol. The number of aliphatic carboxylic acids is 1. The Hall–Kier alpha value is -3.02. The van der Waals surface area contributed by atoms with Crippen LogP contribution in [0, 0.1) is 11.3 Å². The first kappa shape index (κ1) is 26.2. The van der Waals surface area contributed by atoms with Gasteiger partial charge in [0, 0.05) is 51.0 Å². The van der Waals surface area contributed by atoms with Gasteiger partial charge in [-0.2, -0.15) is 13.2 Å². The van der Waals surface area contributed by atoms with Gasteiger partial charge in [0.05, 0.1) is 18.2 Å². The zero-order valence-electron chi connectivity index (χ0n) is 18.3. The lowest BCUT2D eigenvalue weighted by Gasteiger charge is -2.31. The van der Waals surface area contributed by atoms with Crippen molar-refractivity contribution in [1.29, 1.82) is 0 Å². The molecule has 0 unspecified atom stereocenters. The van der Waals surface area contributed by atoms with E-state index < -0.39 is 17.6 Å². The SMILES string of the molecule is C=CCN1C[C@@H]2CN(C(=O)c3cnccn3)CCC[C@]2(C(=O)OCC)C1.O=C(O)C(F)(F)F. The summed E-state index contributed by atoms with van der Waals surface area (Å²) in [5, 5.41) is 7.12. The lowest BCUT2D eigenvalue weighted by Crippen LogP contribution is -2.43. The molecule has 12 heteroatoms. The standard InChI is InChI=1S/C19H26N4O3.C2HF3O2/c1-3-9-22-12-15-13-23(17(24)16-11-20-7-8-21-16)10-5-6-19(15,14-22)18(25)26-4-2;3-2(4,5)1(6)7/h3,7-8,11,15H,1,4-6,9-10,12-14H2,2H3;(H,6,7)/t15-,19+;/m1./s1. The Kier molecular flexibility index (Phi) is 8.91. The van der Waals surface area contributed by atoms with Gasteiger partial charge in [-0.25, -0.2) is 9.78 Å². The zero-order chi connectivity index (χ0) is 24.6. The summed E-state index contributed by atoms with van der Waals surface area (Å²) in [6.45, 7) is 9.32. The van der Waals surface area contributed by atoms with Crippen LogP contribution in [0.4, 0.5) is 13.2 Å². The molecule has 2 fully saturated rings. The Bertz CT molecular complexity index is 852. The number of carbonyl (C=O) groups is 3. The highest BCUT2D eigenvalue weighted by Crippen LogP contribution is 2.43. The van der Waals surface area contributed by atoms with Crippen LogP contribution >= 0.6 is 0 Å². The lowest BCUT2D eigenvalue weighted by atomic mass is 9.75. The van der Waals surface area contributed by atoms with Crippen molar-refractivity contribution in [3.8, 4) is 0 Å². The van der Waals surface area contributed by atoms with E-state index in [1.165, 1.54) is 12.4 Å². The minimum Gasteiger partial charge on any atom is -0.475 e. The van der Waals surface area contributed by atoms with E-state index in [0.29, 0.717) is 31.9 Å². The number of carboxylic acids is 1. The summed E-state index contributed by atoms with van der Waals surface area (Å²) in [6.07, 6.45) is 2.83. The van der Waals surface area contributed by atoms with Gasteiger partial charge in [0.15, 0.2) is 0 Å². The molecule has 3 heterocycles. The second kappa shape index (κ2) is 11.2. The topological polar surface area (TPSA) is 113 Å². The van der Waals surface area contributed by atoms with Crippen molar-refractivity contribution in [2.45, 2.75) is 25.9 Å². The lowest BCUT2D eigenvalue weighted by molar-refractivity contribution is -0.192. The first-order valence-corrected chi connectivity index (χ1v) is 10.4. The Morgan fingerprint density at radius 3 is 2.58 bits per heavy atom. The van der Waals surface area contributed by atoms with Crippen LogP contribution in [0.3, 0.4) is 0 Å². The molecule has 182 valence electrons. The molecule has 0 spiro atoms. The maximum atomic E-state index is 12.9. The highest BCUT2D eigenvalue weighted by Gasteiger charge is 2.54. The van der Waals surface area contributed by atoms with Gasteiger partial charge in [-0.1, -0.05) is 6.08 Å². The highest BCUT2D eigenvalue weighted by molar-refractivity contribution is 5.92. The van der Waals surface area contributed by atoms with E-state index in [9.17, 15) is 22.8 Å². The number of hydrogen-bond donors (Lipinski definition) is 1. The van der Waals surface area contributed by atoms with Gasteiger partial charge >= 0.3 is 18.1 Å². The summed E-state index contributed by atoms with van der Waals surface area (Å²) < 4.78 is 37.2. The van der Waals surface area contributed by atoms with Crippen LogP contribution in [0.5, 0.6) is 0 Å². The van der Waals surface area contributed by atoms with Crippen LogP contribution in [-0.4, -0.2) is 88.2 Å². The normalized spacial score (nSPS) is 22.9. The molecule has 1 aromatic rings. The molecule has 1 aromatic heterocycles. The number of carboxylic acid groups (broad SMARTS) is 1. The van der Waals surface area contributed by atoms with Gasteiger partial charge in [-0.15, -0.1) is 6.58 Å². The molecule has 1 amide bonds. The van der Waals surface area contributed by atoms with Crippen molar-refractivity contribution < 1.29 is 37.4 Å². The van der Waals surface area contributed by atoms with Crippen molar-refractivity contribution in [1.82, 2.24) is 19.8 Å². The molecule has 0 saturated carbocycles.